The van der Waals surface area contributed by atoms with Crippen molar-refractivity contribution in [2.45, 2.75) is 13.5 Å². The Morgan fingerprint density at radius 1 is 1.03 bits per heavy atom. The number of nitro groups is 1. The summed E-state index contributed by atoms with van der Waals surface area (Å²) in [5, 5.41) is 11.9. The van der Waals surface area contributed by atoms with Crippen molar-refractivity contribution in [2.75, 3.05) is 6.61 Å². The van der Waals surface area contributed by atoms with Gasteiger partial charge in [-0.25, -0.2) is 9.79 Å². The summed E-state index contributed by atoms with van der Waals surface area (Å²) < 4.78 is 16.8. The van der Waals surface area contributed by atoms with Crippen LogP contribution in [0.15, 0.2) is 71.4 Å². The summed E-state index contributed by atoms with van der Waals surface area (Å²) in [6.07, 6.45) is 1.52. The van der Waals surface area contributed by atoms with E-state index >= 15 is 0 Å². The summed E-state index contributed by atoms with van der Waals surface area (Å²) in [7, 11) is 0. The zero-order valence-electron chi connectivity index (χ0n) is 18.4. The van der Waals surface area contributed by atoms with Crippen LogP contribution in [0.1, 0.15) is 23.6 Å². The summed E-state index contributed by atoms with van der Waals surface area (Å²) in [6.45, 7) is 2.58. The average molecular weight is 513 g/mol. The number of esters is 1. The number of aliphatic imine (C=N–C) groups is 1. The van der Waals surface area contributed by atoms with Crippen molar-refractivity contribution in [1.29, 1.82) is 0 Å². The number of rotatable bonds is 8. The van der Waals surface area contributed by atoms with E-state index < -0.39 is 10.9 Å². The summed E-state index contributed by atoms with van der Waals surface area (Å²) >= 11 is 12.1. The van der Waals surface area contributed by atoms with E-state index in [1.165, 1.54) is 24.3 Å². The number of ether oxygens (including phenoxy) is 3. The van der Waals surface area contributed by atoms with Crippen molar-refractivity contribution in [2.24, 2.45) is 4.99 Å². The first-order valence-electron chi connectivity index (χ1n) is 10.4. The molecule has 0 saturated heterocycles. The SMILES string of the molecule is CCOc1cc(/C=C2\N=C(c3cc([N+](=O)[O-])ccc3Cl)OC2=O)ccc1OCc1ccc(Cl)cc1. The number of carbonyl (C=O) groups is 1. The first-order valence-corrected chi connectivity index (χ1v) is 11.2. The van der Waals surface area contributed by atoms with Gasteiger partial charge in [-0.1, -0.05) is 41.4 Å². The molecule has 1 aliphatic rings. The van der Waals surface area contributed by atoms with Gasteiger partial charge in [0.05, 0.1) is 22.1 Å². The van der Waals surface area contributed by atoms with Crippen molar-refractivity contribution in [1.82, 2.24) is 0 Å². The minimum atomic E-state index is -0.705. The third-order valence-electron chi connectivity index (χ3n) is 4.89. The number of nitrogens with zero attached hydrogens (tertiary/aromatic N) is 2. The van der Waals surface area contributed by atoms with Gasteiger partial charge in [0.15, 0.2) is 17.2 Å². The van der Waals surface area contributed by atoms with Gasteiger partial charge >= 0.3 is 5.97 Å². The number of halogens is 2. The molecule has 8 nitrogen and oxygen atoms in total. The quantitative estimate of drug-likeness (QED) is 0.153. The van der Waals surface area contributed by atoms with Crippen LogP contribution in [0.3, 0.4) is 0 Å². The van der Waals surface area contributed by atoms with E-state index in [1.54, 1.807) is 30.3 Å². The van der Waals surface area contributed by atoms with E-state index in [0.717, 1.165) is 5.56 Å². The fraction of sp³-hybridized carbons (Fsp3) is 0.120. The molecule has 3 aromatic carbocycles. The van der Waals surface area contributed by atoms with Crippen LogP contribution in [0.25, 0.3) is 6.08 Å². The standard InChI is InChI=1S/C25H18Cl2N2O6/c1-2-33-23-12-16(5-10-22(23)34-14-15-3-6-17(26)7-4-15)11-21-25(30)35-24(28-21)19-13-18(29(31)32)8-9-20(19)27/h3-13H,2,14H2,1H3/b21-11-. The van der Waals surface area contributed by atoms with Gasteiger partial charge in [0.2, 0.25) is 5.90 Å². The number of non-ortho nitro benzene ring substituents is 1. The second kappa shape index (κ2) is 10.6. The predicted octanol–water partition coefficient (Wildman–Crippen LogP) is 6.22. The second-order valence-electron chi connectivity index (χ2n) is 7.31. The summed E-state index contributed by atoms with van der Waals surface area (Å²) in [5.41, 5.74) is 1.53. The lowest BCUT2D eigenvalue weighted by Gasteiger charge is -2.13. The van der Waals surface area contributed by atoms with E-state index in [0.29, 0.717) is 35.3 Å². The molecular formula is C25H18Cl2N2O6. The zero-order valence-corrected chi connectivity index (χ0v) is 19.9. The maximum atomic E-state index is 12.4. The van der Waals surface area contributed by atoms with Crippen LogP contribution in [0.5, 0.6) is 11.5 Å². The molecule has 1 aliphatic heterocycles. The van der Waals surface area contributed by atoms with Crippen LogP contribution in [0, 0.1) is 10.1 Å². The highest BCUT2D eigenvalue weighted by molar-refractivity contribution is 6.34. The molecule has 0 N–H and O–H groups in total. The van der Waals surface area contributed by atoms with Crippen LogP contribution in [0.4, 0.5) is 5.69 Å². The van der Waals surface area contributed by atoms with Gasteiger partial charge < -0.3 is 14.2 Å². The molecule has 0 spiro atoms. The number of hydrogen-bond acceptors (Lipinski definition) is 7. The molecule has 10 heteroatoms. The van der Waals surface area contributed by atoms with E-state index in [4.69, 9.17) is 37.4 Å². The Balaban J connectivity index is 1.58. The molecule has 0 unspecified atom stereocenters. The molecule has 178 valence electrons. The van der Waals surface area contributed by atoms with E-state index in [9.17, 15) is 14.9 Å². The monoisotopic (exact) mass is 512 g/mol. The van der Waals surface area contributed by atoms with Gasteiger partial charge in [-0.3, -0.25) is 10.1 Å². The molecule has 0 aromatic heterocycles. The van der Waals surface area contributed by atoms with Gasteiger partial charge in [0.1, 0.15) is 6.61 Å². The molecule has 0 amide bonds. The van der Waals surface area contributed by atoms with Gasteiger partial charge in [0.25, 0.3) is 5.69 Å². The summed E-state index contributed by atoms with van der Waals surface area (Å²) in [4.78, 5) is 27.1. The molecule has 0 radical (unpaired) electrons. The molecule has 0 aliphatic carbocycles. The largest absolute Gasteiger partial charge is 0.490 e. The molecule has 0 fully saturated rings. The van der Waals surface area contributed by atoms with Crippen molar-refractivity contribution in [3.05, 3.63) is 103 Å². The zero-order chi connectivity index (χ0) is 24.9. The van der Waals surface area contributed by atoms with Gasteiger partial charge in [0, 0.05) is 17.2 Å². The Bertz CT molecular complexity index is 1350. The van der Waals surface area contributed by atoms with Crippen LogP contribution in [-0.4, -0.2) is 23.4 Å². The molecule has 0 atom stereocenters. The van der Waals surface area contributed by atoms with Crippen LogP contribution < -0.4 is 9.47 Å². The highest BCUT2D eigenvalue weighted by atomic mass is 35.5. The second-order valence-corrected chi connectivity index (χ2v) is 8.16. The first kappa shape index (κ1) is 24.3. The van der Waals surface area contributed by atoms with Gasteiger partial charge in [-0.2, -0.15) is 0 Å². The smallest absolute Gasteiger partial charge is 0.363 e. The molecule has 0 bridgehead atoms. The average Bonchev–Trinajstić information content (AvgIpc) is 3.19. The fourth-order valence-corrected chi connectivity index (χ4v) is 3.54. The highest BCUT2D eigenvalue weighted by Crippen LogP contribution is 2.32. The molecule has 4 rings (SSSR count). The maximum absolute atomic E-state index is 12.4. The lowest BCUT2D eigenvalue weighted by Crippen LogP contribution is -2.06. The molecule has 35 heavy (non-hydrogen) atoms. The Labute approximate surface area is 210 Å². The van der Waals surface area contributed by atoms with Crippen molar-refractivity contribution in [3.63, 3.8) is 0 Å². The Morgan fingerprint density at radius 3 is 2.51 bits per heavy atom. The number of carbonyl (C=O) groups excluding carboxylic acids is 1. The number of hydrogen-bond donors (Lipinski definition) is 0. The minimum absolute atomic E-state index is 0.0138. The predicted molar refractivity (Wildman–Crippen MR) is 132 cm³/mol. The van der Waals surface area contributed by atoms with Crippen LogP contribution >= 0.6 is 23.2 Å². The third kappa shape index (κ3) is 5.79. The molecule has 0 saturated carbocycles. The molecule has 1 heterocycles. The van der Waals surface area contributed by atoms with Crippen molar-refractivity contribution >= 4 is 46.8 Å². The Morgan fingerprint density at radius 2 is 1.80 bits per heavy atom. The van der Waals surface area contributed by atoms with Gasteiger partial charge in [-0.05, 0) is 54.5 Å². The van der Waals surface area contributed by atoms with Gasteiger partial charge in [-0.15, -0.1) is 0 Å². The normalized spacial score (nSPS) is 14.0. The molecule has 3 aromatic rings. The number of benzene rings is 3. The van der Waals surface area contributed by atoms with Crippen LogP contribution in [0.2, 0.25) is 10.0 Å². The lowest BCUT2D eigenvalue weighted by atomic mass is 10.1. The van der Waals surface area contributed by atoms with Crippen LogP contribution in [-0.2, 0) is 16.1 Å². The Kier molecular flexibility index (Phi) is 7.33. The molecular weight excluding hydrogens is 495 g/mol. The topological polar surface area (TPSA) is 100 Å². The maximum Gasteiger partial charge on any atom is 0.363 e. The van der Waals surface area contributed by atoms with E-state index in [1.807, 2.05) is 19.1 Å². The highest BCUT2D eigenvalue weighted by Gasteiger charge is 2.27. The number of cyclic esters (lactones) is 1. The summed E-state index contributed by atoms with van der Waals surface area (Å²) in [5.74, 6) is 0.213. The first-order chi connectivity index (χ1) is 16.8. The lowest BCUT2D eigenvalue weighted by molar-refractivity contribution is -0.384. The minimum Gasteiger partial charge on any atom is -0.490 e. The Hall–Kier alpha value is -3.88. The van der Waals surface area contributed by atoms with Crippen molar-refractivity contribution < 1.29 is 23.9 Å². The third-order valence-corrected chi connectivity index (χ3v) is 5.47. The fourth-order valence-electron chi connectivity index (χ4n) is 3.22. The van der Waals surface area contributed by atoms with E-state index in [-0.39, 0.29) is 27.9 Å². The summed E-state index contributed by atoms with van der Waals surface area (Å²) in [6, 6.07) is 16.3. The van der Waals surface area contributed by atoms with E-state index in [2.05, 4.69) is 4.99 Å². The van der Waals surface area contributed by atoms with Crippen molar-refractivity contribution in [3.8, 4) is 11.5 Å². The number of nitro benzene ring substituents is 1.